The summed E-state index contributed by atoms with van der Waals surface area (Å²) in [4.78, 5) is 15.9. The number of aromatic nitrogens is 2. The molecule has 0 radical (unpaired) electrons. The predicted molar refractivity (Wildman–Crippen MR) is 90.9 cm³/mol. The molecule has 23 heavy (non-hydrogen) atoms. The van der Waals surface area contributed by atoms with Crippen LogP contribution in [0.1, 0.15) is 20.9 Å². The first kappa shape index (κ1) is 16.1. The molecule has 2 aromatic heterocycles. The Hall–Kier alpha value is -1.77. The topological polar surface area (TPSA) is 93.4 Å². The van der Waals surface area contributed by atoms with Crippen LogP contribution in [0.4, 0.5) is 5.69 Å². The van der Waals surface area contributed by atoms with Gasteiger partial charge in [-0.15, -0.1) is 16.4 Å². The molecule has 0 spiro atoms. The predicted octanol–water partition coefficient (Wildman–Crippen LogP) is 0.952. The van der Waals surface area contributed by atoms with Gasteiger partial charge in [-0.05, 0) is 19.4 Å². The zero-order valence-corrected chi connectivity index (χ0v) is 14.2. The van der Waals surface area contributed by atoms with E-state index in [9.17, 15) is 4.79 Å². The second-order valence-corrected chi connectivity index (χ2v) is 6.64. The first-order chi connectivity index (χ1) is 11.1. The van der Waals surface area contributed by atoms with E-state index in [0.29, 0.717) is 21.9 Å². The van der Waals surface area contributed by atoms with E-state index >= 15 is 0 Å². The number of hydrogen-bond donors (Lipinski definition) is 2. The molecule has 0 unspecified atom stereocenters. The number of amides is 1. The van der Waals surface area contributed by atoms with Crippen molar-refractivity contribution in [1.82, 2.24) is 20.4 Å². The number of fused-ring (bicyclic) bond motifs is 1. The number of nitrogens with two attached hydrogens (primary N) is 1. The SMILES string of the molecule is Cc1nnc2sc(C(=O)NCCN3CCOCC3)c(N)c2c1C. The number of nitrogens with zero attached hydrogens (tertiary/aromatic N) is 3. The molecule has 1 amide bonds. The summed E-state index contributed by atoms with van der Waals surface area (Å²) in [6.07, 6.45) is 0. The van der Waals surface area contributed by atoms with Crippen molar-refractivity contribution in [2.45, 2.75) is 13.8 Å². The molecule has 0 aromatic carbocycles. The highest BCUT2D eigenvalue weighted by Crippen LogP contribution is 2.34. The van der Waals surface area contributed by atoms with E-state index in [1.807, 2.05) is 13.8 Å². The Labute approximate surface area is 138 Å². The number of carbonyl (C=O) groups excluding carboxylic acids is 1. The monoisotopic (exact) mass is 335 g/mol. The smallest absolute Gasteiger partial charge is 0.263 e. The number of thiophene rings is 1. The summed E-state index contributed by atoms with van der Waals surface area (Å²) >= 11 is 1.30. The molecule has 1 aliphatic rings. The number of hydrogen-bond acceptors (Lipinski definition) is 7. The molecule has 1 saturated heterocycles. The van der Waals surface area contributed by atoms with Crippen molar-refractivity contribution in [3.63, 3.8) is 0 Å². The molecule has 0 aliphatic carbocycles. The maximum Gasteiger partial charge on any atom is 0.263 e. The van der Waals surface area contributed by atoms with Crippen molar-refractivity contribution in [3.8, 4) is 0 Å². The third-order valence-electron chi connectivity index (χ3n) is 4.16. The Morgan fingerprint density at radius 2 is 2.09 bits per heavy atom. The number of anilines is 1. The van der Waals surface area contributed by atoms with Crippen LogP contribution >= 0.6 is 11.3 Å². The zero-order valence-electron chi connectivity index (χ0n) is 13.4. The van der Waals surface area contributed by atoms with Gasteiger partial charge in [-0.25, -0.2) is 0 Å². The lowest BCUT2D eigenvalue weighted by Crippen LogP contribution is -2.41. The number of carbonyl (C=O) groups is 1. The maximum absolute atomic E-state index is 12.4. The number of morpholine rings is 1. The van der Waals surface area contributed by atoms with E-state index in [4.69, 9.17) is 10.5 Å². The third kappa shape index (κ3) is 3.29. The summed E-state index contributed by atoms with van der Waals surface area (Å²) in [6, 6.07) is 0. The summed E-state index contributed by atoms with van der Waals surface area (Å²) in [5.41, 5.74) is 8.50. The first-order valence-electron chi connectivity index (χ1n) is 7.68. The van der Waals surface area contributed by atoms with Crippen LogP contribution in [-0.4, -0.2) is 60.4 Å². The number of aryl methyl sites for hydroxylation is 2. The molecule has 0 saturated carbocycles. The Bertz CT molecular complexity index is 724. The van der Waals surface area contributed by atoms with E-state index < -0.39 is 0 Å². The largest absolute Gasteiger partial charge is 0.397 e. The van der Waals surface area contributed by atoms with Crippen molar-refractivity contribution in [1.29, 1.82) is 0 Å². The van der Waals surface area contributed by atoms with Crippen LogP contribution in [-0.2, 0) is 4.74 Å². The van der Waals surface area contributed by atoms with Gasteiger partial charge in [0.15, 0.2) is 0 Å². The van der Waals surface area contributed by atoms with Crippen molar-refractivity contribution in [2.24, 2.45) is 0 Å². The zero-order chi connectivity index (χ0) is 16.4. The minimum atomic E-state index is -0.143. The molecule has 3 heterocycles. The molecule has 0 atom stereocenters. The van der Waals surface area contributed by atoms with Crippen molar-refractivity contribution in [3.05, 3.63) is 16.1 Å². The Balaban J connectivity index is 1.68. The number of nitrogen functional groups attached to an aromatic ring is 1. The van der Waals surface area contributed by atoms with Crippen LogP contribution in [0.2, 0.25) is 0 Å². The number of nitrogens with one attached hydrogen (secondary N) is 1. The minimum Gasteiger partial charge on any atom is -0.397 e. The van der Waals surface area contributed by atoms with Gasteiger partial charge in [0.05, 0.1) is 24.6 Å². The molecule has 8 heteroatoms. The van der Waals surface area contributed by atoms with Gasteiger partial charge in [0.25, 0.3) is 5.91 Å². The lowest BCUT2D eigenvalue weighted by molar-refractivity contribution is 0.0383. The van der Waals surface area contributed by atoms with Crippen molar-refractivity contribution in [2.75, 3.05) is 45.1 Å². The van der Waals surface area contributed by atoms with Crippen molar-refractivity contribution >= 4 is 33.1 Å². The molecule has 124 valence electrons. The van der Waals surface area contributed by atoms with Crippen LogP contribution in [0.15, 0.2) is 0 Å². The molecule has 0 bridgehead atoms. The van der Waals surface area contributed by atoms with Gasteiger partial charge in [-0.1, -0.05) is 0 Å². The van der Waals surface area contributed by atoms with E-state index in [2.05, 4.69) is 20.4 Å². The fourth-order valence-electron chi connectivity index (χ4n) is 2.64. The average Bonchev–Trinajstić information content (AvgIpc) is 2.89. The van der Waals surface area contributed by atoms with Gasteiger partial charge in [-0.2, -0.15) is 5.10 Å². The van der Waals surface area contributed by atoms with Crippen LogP contribution in [0.25, 0.3) is 10.2 Å². The second-order valence-electron chi connectivity index (χ2n) is 5.65. The highest BCUT2D eigenvalue weighted by molar-refractivity contribution is 7.21. The normalized spacial score (nSPS) is 15.9. The summed E-state index contributed by atoms with van der Waals surface area (Å²) < 4.78 is 5.31. The molecule has 7 nitrogen and oxygen atoms in total. The molecule has 3 rings (SSSR count). The van der Waals surface area contributed by atoms with Gasteiger partial charge < -0.3 is 15.8 Å². The fourth-order valence-corrected chi connectivity index (χ4v) is 3.66. The quantitative estimate of drug-likeness (QED) is 0.864. The summed E-state index contributed by atoms with van der Waals surface area (Å²) in [5, 5.41) is 12.0. The Morgan fingerprint density at radius 1 is 1.35 bits per heavy atom. The molecule has 2 aromatic rings. The van der Waals surface area contributed by atoms with Crippen LogP contribution in [0.3, 0.4) is 0 Å². The Kier molecular flexibility index (Phi) is 4.74. The second kappa shape index (κ2) is 6.77. The van der Waals surface area contributed by atoms with E-state index in [0.717, 1.165) is 49.5 Å². The third-order valence-corrected chi connectivity index (χ3v) is 5.25. The molecule has 3 N–H and O–H groups in total. The van der Waals surface area contributed by atoms with Crippen molar-refractivity contribution < 1.29 is 9.53 Å². The molecule has 1 aliphatic heterocycles. The average molecular weight is 335 g/mol. The Morgan fingerprint density at radius 3 is 2.83 bits per heavy atom. The van der Waals surface area contributed by atoms with Crippen LogP contribution in [0.5, 0.6) is 0 Å². The molecule has 1 fully saturated rings. The number of rotatable bonds is 4. The summed E-state index contributed by atoms with van der Waals surface area (Å²) in [5.74, 6) is -0.143. The van der Waals surface area contributed by atoms with Gasteiger partial charge in [0.1, 0.15) is 9.71 Å². The first-order valence-corrected chi connectivity index (χ1v) is 8.49. The lowest BCUT2D eigenvalue weighted by Gasteiger charge is -2.26. The summed E-state index contributed by atoms with van der Waals surface area (Å²) in [6.45, 7) is 8.59. The lowest BCUT2D eigenvalue weighted by atomic mass is 10.1. The molecular weight excluding hydrogens is 314 g/mol. The van der Waals surface area contributed by atoms with Gasteiger partial charge in [0, 0.05) is 31.6 Å². The van der Waals surface area contributed by atoms with Gasteiger partial charge in [0.2, 0.25) is 0 Å². The highest BCUT2D eigenvalue weighted by Gasteiger charge is 2.20. The molecular formula is C15H21N5O2S. The summed E-state index contributed by atoms with van der Waals surface area (Å²) in [7, 11) is 0. The highest BCUT2D eigenvalue weighted by atomic mass is 32.1. The van der Waals surface area contributed by atoms with Gasteiger partial charge in [-0.3, -0.25) is 9.69 Å². The fraction of sp³-hybridized carbons (Fsp3) is 0.533. The maximum atomic E-state index is 12.4. The van der Waals surface area contributed by atoms with Crippen LogP contribution < -0.4 is 11.1 Å². The van der Waals surface area contributed by atoms with Gasteiger partial charge >= 0.3 is 0 Å². The van der Waals surface area contributed by atoms with E-state index in [-0.39, 0.29) is 5.91 Å². The minimum absolute atomic E-state index is 0.143. The van der Waals surface area contributed by atoms with E-state index in [1.54, 1.807) is 0 Å². The number of ether oxygens (including phenoxy) is 1. The van der Waals surface area contributed by atoms with E-state index in [1.165, 1.54) is 11.3 Å². The standard InChI is InChI=1S/C15H21N5O2S/c1-9-10(2)18-19-15-11(9)12(16)13(23-15)14(21)17-3-4-20-5-7-22-8-6-20/h3-8,16H2,1-2H3,(H,17,21). The van der Waals surface area contributed by atoms with Crippen LogP contribution in [0, 0.1) is 13.8 Å².